The van der Waals surface area contributed by atoms with Crippen LogP contribution in [0.5, 0.6) is 0 Å². The molecule has 0 aromatic rings. The van der Waals surface area contributed by atoms with Gasteiger partial charge in [-0.15, -0.1) is 0 Å². The maximum Gasteiger partial charge on any atom is 0.415 e. The summed E-state index contributed by atoms with van der Waals surface area (Å²) in [6, 6.07) is 0.204. The Hall–Kier alpha value is -0.290. The zero-order valence-electron chi connectivity index (χ0n) is 8.93. The number of nitrogens with zero attached hydrogens (tertiary/aromatic N) is 1. The van der Waals surface area contributed by atoms with Gasteiger partial charge in [-0.05, 0) is 19.9 Å². The third-order valence-corrected chi connectivity index (χ3v) is 3.04. The van der Waals surface area contributed by atoms with Crippen LogP contribution >= 0.6 is 0 Å². The second-order valence-corrected chi connectivity index (χ2v) is 4.29. The number of alkyl halides is 3. The molecule has 1 aliphatic rings. The van der Waals surface area contributed by atoms with Gasteiger partial charge in [-0.2, -0.15) is 13.2 Å². The molecule has 1 fully saturated rings. The van der Waals surface area contributed by atoms with Crippen LogP contribution in [0.4, 0.5) is 13.2 Å². The third kappa shape index (κ3) is 3.99. The molecule has 1 aliphatic carbocycles. The molecule has 1 N–H and O–H groups in total. The van der Waals surface area contributed by atoms with Crippen molar-refractivity contribution in [1.29, 1.82) is 0 Å². The van der Waals surface area contributed by atoms with Crippen molar-refractivity contribution >= 4 is 0 Å². The number of aliphatic hydroxyl groups excluding tert-OH is 1. The summed E-state index contributed by atoms with van der Waals surface area (Å²) in [6.45, 7) is -0.311. The fourth-order valence-electron chi connectivity index (χ4n) is 2.05. The molecular formula is C10H18F3NO. The standard InChI is InChI=1S/C10H18F3NO/c1-14(7-9(15)10(11,12)13)8-5-3-2-4-6-8/h8-9,15H,2-7H2,1H3/t9-/m0/s1. The number of rotatable bonds is 3. The summed E-state index contributed by atoms with van der Waals surface area (Å²) in [5.74, 6) is 0. The van der Waals surface area contributed by atoms with Crippen LogP contribution in [0.1, 0.15) is 32.1 Å². The molecule has 2 nitrogen and oxygen atoms in total. The summed E-state index contributed by atoms with van der Waals surface area (Å²) in [6.07, 6.45) is -1.49. The van der Waals surface area contributed by atoms with Crippen LogP contribution in [0.3, 0.4) is 0 Å². The van der Waals surface area contributed by atoms with Crippen LogP contribution in [0.15, 0.2) is 0 Å². The lowest BCUT2D eigenvalue weighted by atomic mass is 9.94. The summed E-state index contributed by atoms with van der Waals surface area (Å²) in [4.78, 5) is 1.64. The van der Waals surface area contributed by atoms with Crippen LogP contribution in [0.2, 0.25) is 0 Å². The van der Waals surface area contributed by atoms with Crippen molar-refractivity contribution in [3.63, 3.8) is 0 Å². The first-order valence-electron chi connectivity index (χ1n) is 5.36. The number of halogens is 3. The number of aliphatic hydroxyl groups is 1. The lowest BCUT2D eigenvalue weighted by Gasteiger charge is -2.32. The van der Waals surface area contributed by atoms with E-state index in [2.05, 4.69) is 0 Å². The van der Waals surface area contributed by atoms with Gasteiger partial charge in [0.25, 0.3) is 0 Å². The highest BCUT2D eigenvalue weighted by molar-refractivity contribution is 4.77. The first-order chi connectivity index (χ1) is 6.91. The molecule has 0 heterocycles. The van der Waals surface area contributed by atoms with Crippen molar-refractivity contribution in [2.75, 3.05) is 13.6 Å². The van der Waals surface area contributed by atoms with Crippen LogP contribution in [-0.2, 0) is 0 Å². The average molecular weight is 225 g/mol. The largest absolute Gasteiger partial charge is 0.415 e. The second kappa shape index (κ2) is 5.16. The van der Waals surface area contributed by atoms with Gasteiger partial charge in [0.15, 0.2) is 6.10 Å². The molecule has 0 radical (unpaired) electrons. The van der Waals surface area contributed by atoms with Crippen molar-refractivity contribution in [3.05, 3.63) is 0 Å². The normalized spacial score (nSPS) is 22.0. The van der Waals surface area contributed by atoms with Crippen molar-refractivity contribution < 1.29 is 18.3 Å². The van der Waals surface area contributed by atoms with E-state index in [-0.39, 0.29) is 12.6 Å². The fraction of sp³-hybridized carbons (Fsp3) is 1.00. The Bertz CT molecular complexity index is 190. The van der Waals surface area contributed by atoms with Gasteiger partial charge in [0.2, 0.25) is 0 Å². The molecule has 0 unspecified atom stereocenters. The lowest BCUT2D eigenvalue weighted by molar-refractivity contribution is -0.208. The Kier molecular flexibility index (Phi) is 4.40. The number of likely N-dealkylation sites (N-methyl/N-ethyl adjacent to an activating group) is 1. The molecule has 1 rings (SSSR count). The SMILES string of the molecule is CN(C[C@H](O)C(F)(F)F)C1CCCCC1. The van der Waals surface area contributed by atoms with Crippen LogP contribution < -0.4 is 0 Å². The van der Waals surface area contributed by atoms with Crippen molar-refractivity contribution in [2.24, 2.45) is 0 Å². The van der Waals surface area contributed by atoms with Crippen LogP contribution in [0.25, 0.3) is 0 Å². The third-order valence-electron chi connectivity index (χ3n) is 3.04. The Balaban J connectivity index is 2.36. The van der Waals surface area contributed by atoms with Crippen molar-refractivity contribution in [3.8, 4) is 0 Å². The minimum atomic E-state index is -4.50. The van der Waals surface area contributed by atoms with E-state index in [1.165, 1.54) is 6.42 Å². The molecule has 5 heteroatoms. The maximum absolute atomic E-state index is 12.1. The summed E-state index contributed by atoms with van der Waals surface area (Å²) in [7, 11) is 1.66. The minimum Gasteiger partial charge on any atom is -0.382 e. The summed E-state index contributed by atoms with van der Waals surface area (Å²) in [5.41, 5.74) is 0. The molecular weight excluding hydrogens is 207 g/mol. The van der Waals surface area contributed by atoms with E-state index < -0.39 is 12.3 Å². The Morgan fingerprint density at radius 1 is 1.27 bits per heavy atom. The molecule has 0 aliphatic heterocycles. The monoisotopic (exact) mass is 225 g/mol. The van der Waals surface area contributed by atoms with Gasteiger partial charge in [0, 0.05) is 12.6 Å². The van der Waals surface area contributed by atoms with Crippen molar-refractivity contribution in [2.45, 2.75) is 50.4 Å². The fourth-order valence-corrected chi connectivity index (χ4v) is 2.05. The highest BCUT2D eigenvalue weighted by Gasteiger charge is 2.39. The van der Waals surface area contributed by atoms with Gasteiger partial charge in [0.05, 0.1) is 0 Å². The molecule has 15 heavy (non-hydrogen) atoms. The molecule has 0 bridgehead atoms. The van der Waals surface area contributed by atoms with Gasteiger partial charge < -0.3 is 10.0 Å². The van der Waals surface area contributed by atoms with E-state index in [0.717, 1.165) is 25.7 Å². The zero-order valence-corrected chi connectivity index (χ0v) is 8.93. The number of hydrogen-bond acceptors (Lipinski definition) is 2. The Labute approximate surface area is 88.1 Å². The van der Waals surface area contributed by atoms with E-state index >= 15 is 0 Å². The lowest BCUT2D eigenvalue weighted by Crippen LogP contribution is -2.44. The van der Waals surface area contributed by atoms with E-state index in [9.17, 15) is 13.2 Å². The van der Waals surface area contributed by atoms with E-state index in [1.54, 1.807) is 11.9 Å². The highest BCUT2D eigenvalue weighted by Crippen LogP contribution is 2.25. The highest BCUT2D eigenvalue weighted by atomic mass is 19.4. The first-order valence-corrected chi connectivity index (χ1v) is 5.36. The van der Waals surface area contributed by atoms with Crippen LogP contribution in [-0.4, -0.2) is 41.9 Å². The molecule has 1 saturated carbocycles. The van der Waals surface area contributed by atoms with Gasteiger partial charge in [-0.25, -0.2) is 0 Å². The van der Waals surface area contributed by atoms with Gasteiger partial charge in [0.1, 0.15) is 0 Å². The van der Waals surface area contributed by atoms with Crippen molar-refractivity contribution in [1.82, 2.24) is 4.90 Å². The topological polar surface area (TPSA) is 23.5 Å². The molecule has 0 saturated heterocycles. The van der Waals surface area contributed by atoms with Gasteiger partial charge >= 0.3 is 6.18 Å². The molecule has 0 aromatic heterocycles. The maximum atomic E-state index is 12.1. The van der Waals surface area contributed by atoms with E-state index in [1.807, 2.05) is 0 Å². The molecule has 0 spiro atoms. The van der Waals surface area contributed by atoms with E-state index in [4.69, 9.17) is 5.11 Å². The second-order valence-electron chi connectivity index (χ2n) is 4.29. The Morgan fingerprint density at radius 3 is 2.27 bits per heavy atom. The van der Waals surface area contributed by atoms with Gasteiger partial charge in [-0.3, -0.25) is 0 Å². The minimum absolute atomic E-state index is 0.204. The number of hydrogen-bond donors (Lipinski definition) is 1. The predicted molar refractivity (Wildman–Crippen MR) is 51.6 cm³/mol. The van der Waals surface area contributed by atoms with Crippen LogP contribution in [0, 0.1) is 0 Å². The Morgan fingerprint density at radius 2 is 1.80 bits per heavy atom. The summed E-state index contributed by atoms with van der Waals surface area (Å²) < 4.78 is 36.3. The van der Waals surface area contributed by atoms with Gasteiger partial charge in [-0.1, -0.05) is 19.3 Å². The quantitative estimate of drug-likeness (QED) is 0.795. The first kappa shape index (κ1) is 12.8. The predicted octanol–water partition coefficient (Wildman–Crippen LogP) is 2.17. The zero-order chi connectivity index (χ0) is 11.5. The molecule has 90 valence electrons. The molecule has 1 atom stereocenters. The molecule has 0 aromatic carbocycles. The summed E-state index contributed by atoms with van der Waals surface area (Å²) >= 11 is 0. The average Bonchev–Trinajstić information content (AvgIpc) is 2.17. The van der Waals surface area contributed by atoms with E-state index in [0.29, 0.717) is 0 Å². The smallest absolute Gasteiger partial charge is 0.382 e. The molecule has 0 amide bonds. The summed E-state index contributed by atoms with van der Waals surface area (Å²) in [5, 5.41) is 8.92.